The molecule has 4 fully saturated rings. The summed E-state index contributed by atoms with van der Waals surface area (Å²) >= 11 is 0. The van der Waals surface area contributed by atoms with Gasteiger partial charge in [0.05, 0.1) is 34.1 Å². The topological polar surface area (TPSA) is 194 Å². The largest absolute Gasteiger partial charge is 1.00 e. The van der Waals surface area contributed by atoms with Gasteiger partial charge in [-0.2, -0.15) is 52.7 Å². The van der Waals surface area contributed by atoms with Gasteiger partial charge in [0, 0.05) is 111 Å². The van der Waals surface area contributed by atoms with Gasteiger partial charge in [0.25, 0.3) is 11.4 Å². The Hall–Kier alpha value is -6.17. The smallest absolute Gasteiger partial charge is 1.00 e. The van der Waals surface area contributed by atoms with E-state index in [1.165, 1.54) is 36.4 Å². The number of nitrogens with zero attached hydrogens (tertiary/aromatic N) is 5. The predicted molar refractivity (Wildman–Crippen MR) is 274 cm³/mol. The number of carbonyl (C=O) groups excluding carboxylic acids is 2. The Morgan fingerprint density at radius 1 is 0.518 bits per heavy atom. The maximum Gasteiger partial charge on any atom is 1.00 e. The average molecular weight is 1210 g/mol. The number of hydrogen-bond acceptors (Lipinski definition) is 11. The Kier molecular flexibility index (Phi) is 25.5. The number of hydrogen-bond donors (Lipinski definition) is 3. The Morgan fingerprint density at radius 2 is 0.880 bits per heavy atom. The molecule has 83 heavy (non-hydrogen) atoms. The molecule has 0 unspecified atom stereocenters. The predicted octanol–water partition coefficient (Wildman–Crippen LogP) is 4.94. The zero-order chi connectivity index (χ0) is 59.3. The first-order chi connectivity index (χ1) is 38.0. The first kappa shape index (κ1) is 69.3. The fourth-order valence-corrected chi connectivity index (χ4v) is 10.3. The zero-order valence-corrected chi connectivity index (χ0v) is 45.9. The maximum atomic E-state index is 13.2. The van der Waals surface area contributed by atoms with Gasteiger partial charge in [-0.25, -0.2) is 0 Å². The van der Waals surface area contributed by atoms with Gasteiger partial charge in [0.15, 0.2) is 0 Å². The van der Waals surface area contributed by atoms with E-state index in [-0.39, 0.29) is 67.1 Å². The van der Waals surface area contributed by atoms with Crippen LogP contribution in [0.3, 0.4) is 0 Å². The second kappa shape index (κ2) is 30.6. The summed E-state index contributed by atoms with van der Waals surface area (Å²) in [4.78, 5) is 48.6. The average Bonchev–Trinajstić information content (AvgIpc) is 3.58. The number of anilines is 4. The van der Waals surface area contributed by atoms with Crippen LogP contribution in [-0.2, 0) is 34.3 Å². The third-order valence-electron chi connectivity index (χ3n) is 14.9. The van der Waals surface area contributed by atoms with Crippen molar-refractivity contribution in [3.05, 3.63) is 127 Å². The third kappa shape index (κ3) is 21.1. The van der Waals surface area contributed by atoms with Gasteiger partial charge < -0.3 is 53.0 Å². The molecule has 0 aliphatic carbocycles. The molecular formula is C54H62ClF12LiN8O7. The number of piperidine rings is 4. The standard InChI is InChI=1S/C27H30F6N4O3.C15H18F3NO2.C12H14F3N3O2.ClH.Li/c28-26(29,30)19-2-5-22(6-3-19)35-13-9-18(10-14-35)1-8-25(38)36-15-11-20(12-16-36)34-21-4-7-24(37(39)40)23(17-21)27(31,32)33;16-15(17,18)12-2-4-13(5-3-12)19-9-7-11(8-10-19)1-6-14(20)21;13-12(14,15)10-7-9(1-2-11(10)18(19)20)17-8-3-5-16-6-4-8;;/h2-7,17-18,20,34H,1,8-16H2;2-5,11H,1,6-10H2,(H,20,21);1-2,7-8,16-17H,3-6H2;1H;/q;;;;+1/p-1. The number of carboxylic acids is 1. The third-order valence-corrected chi connectivity index (χ3v) is 14.9. The van der Waals surface area contributed by atoms with Crippen molar-refractivity contribution < 1.29 is 114 Å². The number of aliphatic carboxylic acids is 1. The van der Waals surface area contributed by atoms with Crippen molar-refractivity contribution in [3.8, 4) is 0 Å². The number of carboxylic acid groups (broad SMARTS) is 1. The number of nitrogens with two attached hydrogens (primary N) is 1. The quantitative estimate of drug-likeness (QED) is 0.0671. The minimum atomic E-state index is -4.85. The van der Waals surface area contributed by atoms with Gasteiger partial charge in [-0.3, -0.25) is 25.0 Å². The molecule has 1 amide bonds. The van der Waals surface area contributed by atoms with Crippen molar-refractivity contribution in [2.45, 2.75) is 114 Å². The van der Waals surface area contributed by atoms with E-state index in [9.17, 15) is 87.6 Å². The number of rotatable bonds is 14. The molecule has 452 valence electrons. The number of carbonyl (C=O) groups is 2. The molecule has 4 aliphatic heterocycles. The summed E-state index contributed by atoms with van der Waals surface area (Å²) in [6.07, 6.45) is -10.3. The molecule has 0 saturated carbocycles. The first-order valence-electron chi connectivity index (χ1n) is 26.4. The molecule has 0 spiro atoms. The maximum absolute atomic E-state index is 13.2. The van der Waals surface area contributed by atoms with Crippen molar-refractivity contribution in [2.24, 2.45) is 11.8 Å². The molecule has 0 radical (unpaired) electrons. The van der Waals surface area contributed by atoms with E-state index in [0.29, 0.717) is 63.7 Å². The van der Waals surface area contributed by atoms with E-state index in [4.69, 9.17) is 0 Å². The Balaban J connectivity index is 0.000000290. The number of nitro benzene ring substituents is 2. The summed E-state index contributed by atoms with van der Waals surface area (Å²) in [6.45, 7) is 5.67. The summed E-state index contributed by atoms with van der Waals surface area (Å²) in [6, 6.07) is 16.2. The summed E-state index contributed by atoms with van der Waals surface area (Å²) in [5.41, 5.74) is -3.80. The second-order valence-corrected chi connectivity index (χ2v) is 20.5. The van der Waals surface area contributed by atoms with Gasteiger partial charge in [-0.15, -0.1) is 0 Å². The fraction of sp³-hybridized carbons (Fsp3) is 0.519. The van der Waals surface area contributed by atoms with Crippen LogP contribution in [0.2, 0.25) is 0 Å². The van der Waals surface area contributed by atoms with Gasteiger partial charge in [0.2, 0.25) is 5.91 Å². The molecular weight excluding hydrogens is 1140 g/mol. The number of nitrogens with one attached hydrogen (secondary N) is 2. The molecule has 4 aliphatic rings. The molecule has 15 nitrogen and oxygen atoms in total. The molecule has 0 aromatic heterocycles. The van der Waals surface area contributed by atoms with Crippen LogP contribution in [-0.4, -0.2) is 91.1 Å². The van der Waals surface area contributed by atoms with E-state index in [1.54, 1.807) is 4.90 Å². The van der Waals surface area contributed by atoms with Crippen molar-refractivity contribution in [1.29, 1.82) is 0 Å². The van der Waals surface area contributed by atoms with Crippen LogP contribution in [0.15, 0.2) is 84.9 Å². The van der Waals surface area contributed by atoms with Crippen LogP contribution < -0.4 is 62.1 Å². The number of amides is 1. The molecule has 4 N–H and O–H groups in total. The Morgan fingerprint density at radius 3 is 1.22 bits per heavy atom. The van der Waals surface area contributed by atoms with E-state index >= 15 is 0 Å². The molecule has 8 rings (SSSR count). The number of halogens is 13. The Bertz CT molecular complexity index is 2730. The van der Waals surface area contributed by atoms with Crippen molar-refractivity contribution in [2.75, 3.05) is 72.8 Å². The fourth-order valence-electron chi connectivity index (χ4n) is 10.3. The van der Waals surface area contributed by atoms with Crippen molar-refractivity contribution in [1.82, 2.24) is 4.90 Å². The number of likely N-dealkylation sites (tertiary alicyclic amines) is 1. The Labute approximate surface area is 488 Å². The minimum Gasteiger partial charge on any atom is -1.00 e. The minimum absolute atomic E-state index is 0. The van der Waals surface area contributed by atoms with Crippen LogP contribution in [0.4, 0.5) is 86.8 Å². The SMILES string of the molecule is O=C(CCC1CCN(c2ccc(C(F)(F)F)cc2)CC1)N1CCC(Nc2ccc([N+](=O)[O-])c(C(F)(F)F)c2)CC1.O=C([O-])CCC1CCN(c2ccc(C(F)(F)F)cc2)CC1.O=[N+]([O-])c1ccc(NC2CC[NH2+]CC2)cc1C(F)(F)F.[Cl-].[Li+]. The molecule has 4 aromatic carbocycles. The van der Waals surface area contributed by atoms with Crippen molar-refractivity contribution >= 4 is 46.0 Å². The number of quaternary nitrogens is 1. The van der Waals surface area contributed by atoms with Crippen LogP contribution in [0, 0.1) is 32.1 Å². The molecule has 0 bridgehead atoms. The molecule has 4 heterocycles. The van der Waals surface area contributed by atoms with Gasteiger partial charge in [0.1, 0.15) is 11.1 Å². The van der Waals surface area contributed by atoms with Crippen LogP contribution in [0.5, 0.6) is 0 Å². The summed E-state index contributed by atoms with van der Waals surface area (Å²) in [5, 5.41) is 40.2. The van der Waals surface area contributed by atoms with Crippen molar-refractivity contribution in [3.63, 3.8) is 0 Å². The van der Waals surface area contributed by atoms with Gasteiger partial charge in [-0.05, 0) is 142 Å². The van der Waals surface area contributed by atoms with Gasteiger partial charge in [-0.1, -0.05) is 0 Å². The van der Waals surface area contributed by atoms with Gasteiger partial charge >= 0.3 is 43.6 Å². The molecule has 0 atom stereocenters. The monoisotopic (exact) mass is 1200 g/mol. The van der Waals surface area contributed by atoms with Crippen LogP contribution in [0.25, 0.3) is 0 Å². The molecule has 29 heteroatoms. The van der Waals surface area contributed by atoms with E-state index < -0.39 is 74.1 Å². The first-order valence-corrected chi connectivity index (χ1v) is 26.4. The van der Waals surface area contributed by atoms with Crippen LogP contribution >= 0.6 is 0 Å². The number of benzene rings is 4. The molecule has 4 aromatic rings. The van der Waals surface area contributed by atoms with E-state index in [0.717, 1.165) is 131 Å². The van der Waals surface area contributed by atoms with Crippen LogP contribution in [0.1, 0.15) is 99.3 Å². The normalized spacial score (nSPS) is 16.9. The zero-order valence-electron chi connectivity index (χ0n) is 45.1. The number of nitro groups is 2. The summed E-state index contributed by atoms with van der Waals surface area (Å²) in [5.74, 6) is -0.300. The van der Waals surface area contributed by atoms with E-state index in [2.05, 4.69) is 20.9 Å². The summed E-state index contributed by atoms with van der Waals surface area (Å²) in [7, 11) is 0. The summed E-state index contributed by atoms with van der Waals surface area (Å²) < 4.78 is 154. The number of alkyl halides is 12. The van der Waals surface area contributed by atoms with E-state index in [1.807, 2.05) is 4.90 Å². The second-order valence-electron chi connectivity index (χ2n) is 20.5. The molecule has 4 saturated heterocycles.